The number of nitrogens with one attached hydrogen (secondary N) is 1. The van der Waals surface area contributed by atoms with Gasteiger partial charge in [-0.3, -0.25) is 4.79 Å². The van der Waals surface area contributed by atoms with Crippen LogP contribution in [0.4, 0.5) is 5.13 Å². The van der Waals surface area contributed by atoms with Gasteiger partial charge in [0.25, 0.3) is 0 Å². The van der Waals surface area contributed by atoms with Gasteiger partial charge in [0.2, 0.25) is 5.91 Å². The molecule has 23 heavy (non-hydrogen) atoms. The summed E-state index contributed by atoms with van der Waals surface area (Å²) in [5.41, 5.74) is 3.38. The van der Waals surface area contributed by atoms with Gasteiger partial charge in [-0.1, -0.05) is 37.6 Å². The van der Waals surface area contributed by atoms with Crippen LogP contribution in [-0.2, 0) is 11.2 Å². The summed E-state index contributed by atoms with van der Waals surface area (Å²) >= 11 is 1.52. The average molecular weight is 326 g/mol. The number of benzene rings is 1. The summed E-state index contributed by atoms with van der Waals surface area (Å²) in [6.45, 7) is 2.15. The van der Waals surface area contributed by atoms with Crippen LogP contribution in [0.15, 0.2) is 29.6 Å². The highest BCUT2D eigenvalue weighted by molar-refractivity contribution is 7.14. The Hall–Kier alpha value is -1.68. The third kappa shape index (κ3) is 2.92. The van der Waals surface area contributed by atoms with E-state index in [9.17, 15) is 4.79 Å². The lowest BCUT2D eigenvalue weighted by molar-refractivity contribution is -0.121. The Labute approximate surface area is 141 Å². The molecule has 0 radical (unpaired) electrons. The highest BCUT2D eigenvalue weighted by Gasteiger charge is 2.43. The molecule has 2 aliphatic rings. The van der Waals surface area contributed by atoms with E-state index in [1.54, 1.807) is 0 Å². The standard InChI is InChI=1S/C19H22N2OS/c1-2-12-3-6-14(7-4-12)17-11-23-19(20-17)21-18(22)16-10-13-5-8-15(16)9-13/h3-4,6-7,11,13,15-16H,2,5,8-10H2,1H3,(H,20,21,22)/t13-,15+,16-/m0/s1. The lowest BCUT2D eigenvalue weighted by Crippen LogP contribution is -2.27. The van der Waals surface area contributed by atoms with Gasteiger partial charge in [-0.05, 0) is 43.1 Å². The largest absolute Gasteiger partial charge is 0.302 e. The van der Waals surface area contributed by atoms with E-state index < -0.39 is 0 Å². The Morgan fingerprint density at radius 3 is 2.74 bits per heavy atom. The summed E-state index contributed by atoms with van der Waals surface area (Å²) in [6, 6.07) is 8.50. The van der Waals surface area contributed by atoms with Crippen molar-refractivity contribution < 1.29 is 4.79 Å². The van der Waals surface area contributed by atoms with Gasteiger partial charge < -0.3 is 5.32 Å². The lowest BCUT2D eigenvalue weighted by atomic mass is 9.88. The van der Waals surface area contributed by atoms with Crippen LogP contribution in [0, 0.1) is 17.8 Å². The molecule has 1 heterocycles. The Morgan fingerprint density at radius 1 is 1.26 bits per heavy atom. The molecule has 2 aliphatic carbocycles. The molecule has 4 rings (SSSR count). The van der Waals surface area contributed by atoms with E-state index in [1.165, 1.54) is 36.2 Å². The number of rotatable bonds is 4. The molecule has 3 atom stereocenters. The number of amides is 1. The SMILES string of the molecule is CCc1ccc(-c2csc(NC(=O)[C@H]3C[C@H]4CC[C@@H]3C4)n2)cc1. The predicted octanol–water partition coefficient (Wildman–Crippen LogP) is 4.75. The Bertz CT molecular complexity index is 706. The Kier molecular flexibility index (Phi) is 3.93. The van der Waals surface area contributed by atoms with Crippen LogP contribution >= 0.6 is 11.3 Å². The van der Waals surface area contributed by atoms with Crippen LogP contribution in [0.1, 0.15) is 38.2 Å². The van der Waals surface area contributed by atoms with Crippen LogP contribution in [0.25, 0.3) is 11.3 Å². The number of aromatic nitrogens is 1. The first kappa shape index (κ1) is 14.9. The van der Waals surface area contributed by atoms with Crippen LogP contribution in [0.3, 0.4) is 0 Å². The van der Waals surface area contributed by atoms with Gasteiger partial charge in [-0.2, -0.15) is 0 Å². The van der Waals surface area contributed by atoms with E-state index in [2.05, 4.69) is 41.5 Å². The second kappa shape index (κ2) is 6.08. The van der Waals surface area contributed by atoms with E-state index in [0.717, 1.165) is 35.1 Å². The van der Waals surface area contributed by atoms with Crippen LogP contribution < -0.4 is 5.32 Å². The minimum atomic E-state index is 0.180. The lowest BCUT2D eigenvalue weighted by Gasteiger charge is -2.19. The number of fused-ring (bicyclic) bond motifs is 2. The molecule has 1 N–H and O–H groups in total. The van der Waals surface area contributed by atoms with Crippen molar-refractivity contribution in [2.75, 3.05) is 5.32 Å². The van der Waals surface area contributed by atoms with E-state index in [1.807, 2.05) is 5.38 Å². The van der Waals surface area contributed by atoms with Crippen molar-refractivity contribution in [1.82, 2.24) is 4.98 Å². The quantitative estimate of drug-likeness (QED) is 0.881. The molecule has 1 aromatic heterocycles. The van der Waals surface area contributed by atoms with Crippen molar-refractivity contribution in [3.05, 3.63) is 35.2 Å². The number of hydrogen-bond donors (Lipinski definition) is 1. The van der Waals surface area contributed by atoms with Gasteiger partial charge in [-0.25, -0.2) is 4.98 Å². The topological polar surface area (TPSA) is 42.0 Å². The second-order valence-electron chi connectivity index (χ2n) is 6.86. The number of carbonyl (C=O) groups excluding carboxylic acids is 1. The fourth-order valence-corrected chi connectivity index (χ4v) is 4.86. The minimum Gasteiger partial charge on any atom is -0.302 e. The first-order valence-corrected chi connectivity index (χ1v) is 9.46. The monoisotopic (exact) mass is 326 g/mol. The van der Waals surface area contributed by atoms with E-state index in [0.29, 0.717) is 5.92 Å². The normalized spacial score (nSPS) is 25.7. The molecule has 120 valence electrons. The highest BCUT2D eigenvalue weighted by atomic mass is 32.1. The number of anilines is 1. The third-order valence-corrected chi connectivity index (χ3v) is 6.22. The summed E-state index contributed by atoms with van der Waals surface area (Å²) in [5.74, 6) is 1.80. The van der Waals surface area contributed by atoms with E-state index in [4.69, 9.17) is 0 Å². The highest BCUT2D eigenvalue weighted by Crippen LogP contribution is 2.48. The summed E-state index contributed by atoms with van der Waals surface area (Å²) in [7, 11) is 0. The van der Waals surface area contributed by atoms with Crippen molar-refractivity contribution in [2.45, 2.75) is 39.0 Å². The fourth-order valence-electron chi connectivity index (χ4n) is 4.14. The van der Waals surface area contributed by atoms with Crippen molar-refractivity contribution >= 4 is 22.4 Å². The number of hydrogen-bond acceptors (Lipinski definition) is 3. The van der Waals surface area contributed by atoms with Gasteiger partial charge in [0.1, 0.15) is 0 Å². The summed E-state index contributed by atoms with van der Waals surface area (Å²) in [4.78, 5) is 17.1. The van der Waals surface area contributed by atoms with Gasteiger partial charge in [0, 0.05) is 16.9 Å². The first-order valence-electron chi connectivity index (χ1n) is 8.58. The van der Waals surface area contributed by atoms with Gasteiger partial charge in [0.15, 0.2) is 5.13 Å². The molecule has 2 bridgehead atoms. The van der Waals surface area contributed by atoms with E-state index in [-0.39, 0.29) is 11.8 Å². The molecule has 3 nitrogen and oxygen atoms in total. The number of carbonyl (C=O) groups is 1. The number of thiazole rings is 1. The predicted molar refractivity (Wildman–Crippen MR) is 94.5 cm³/mol. The molecule has 2 saturated carbocycles. The van der Waals surface area contributed by atoms with Crippen molar-refractivity contribution in [3.8, 4) is 11.3 Å². The fraction of sp³-hybridized carbons (Fsp3) is 0.474. The maximum Gasteiger partial charge on any atom is 0.229 e. The molecule has 2 fully saturated rings. The Balaban J connectivity index is 1.44. The van der Waals surface area contributed by atoms with Crippen LogP contribution in [0.5, 0.6) is 0 Å². The molecule has 1 aromatic carbocycles. The van der Waals surface area contributed by atoms with E-state index >= 15 is 0 Å². The Morgan fingerprint density at radius 2 is 2.09 bits per heavy atom. The molecule has 4 heteroatoms. The maximum absolute atomic E-state index is 12.5. The molecule has 0 aliphatic heterocycles. The van der Waals surface area contributed by atoms with Crippen molar-refractivity contribution in [3.63, 3.8) is 0 Å². The minimum absolute atomic E-state index is 0.180. The number of nitrogens with zero attached hydrogens (tertiary/aromatic N) is 1. The van der Waals surface area contributed by atoms with Crippen molar-refractivity contribution in [2.24, 2.45) is 17.8 Å². The van der Waals surface area contributed by atoms with Gasteiger partial charge in [-0.15, -0.1) is 11.3 Å². The third-order valence-electron chi connectivity index (χ3n) is 5.47. The zero-order chi connectivity index (χ0) is 15.8. The van der Waals surface area contributed by atoms with Gasteiger partial charge >= 0.3 is 0 Å². The smallest absolute Gasteiger partial charge is 0.229 e. The summed E-state index contributed by atoms with van der Waals surface area (Å²) in [6.07, 6.45) is 5.93. The summed E-state index contributed by atoms with van der Waals surface area (Å²) in [5, 5.41) is 5.80. The zero-order valence-corrected chi connectivity index (χ0v) is 14.2. The average Bonchev–Trinajstić information content (AvgIpc) is 3.31. The second-order valence-corrected chi connectivity index (χ2v) is 7.72. The molecule has 2 aromatic rings. The molecular formula is C19H22N2OS. The molecule has 0 unspecified atom stereocenters. The molecule has 0 spiro atoms. The van der Waals surface area contributed by atoms with Crippen LogP contribution in [-0.4, -0.2) is 10.9 Å². The number of aryl methyl sites for hydroxylation is 1. The van der Waals surface area contributed by atoms with Crippen LogP contribution in [0.2, 0.25) is 0 Å². The zero-order valence-electron chi connectivity index (χ0n) is 13.4. The first-order chi connectivity index (χ1) is 11.2. The van der Waals surface area contributed by atoms with Crippen molar-refractivity contribution in [1.29, 1.82) is 0 Å². The molecular weight excluding hydrogens is 304 g/mol. The maximum atomic E-state index is 12.5. The molecule has 1 amide bonds. The molecule has 0 saturated heterocycles. The summed E-state index contributed by atoms with van der Waals surface area (Å²) < 4.78 is 0. The van der Waals surface area contributed by atoms with Gasteiger partial charge in [0.05, 0.1) is 5.69 Å².